The molecule has 1 saturated heterocycles. The Kier molecular flexibility index (Phi) is 5.28. The molecule has 1 aliphatic carbocycles. The number of ether oxygens (including phenoxy) is 1. The lowest BCUT2D eigenvalue weighted by molar-refractivity contribution is -0.133. The molecular weight excluding hydrogens is 295 g/mol. The fourth-order valence-electron chi connectivity index (χ4n) is 3.79. The van der Waals surface area contributed by atoms with Crippen molar-refractivity contribution >= 4 is 5.91 Å². The number of nitrogens with one attached hydrogen (secondary N) is 1. The number of rotatable bonds is 5. The van der Waals surface area contributed by atoms with Gasteiger partial charge >= 0.3 is 0 Å². The first-order valence-corrected chi connectivity index (χ1v) is 8.59. The molecule has 23 heavy (non-hydrogen) atoms. The number of hydrogen-bond acceptors (Lipinski definition) is 3. The van der Waals surface area contributed by atoms with Gasteiger partial charge in [-0.15, -0.1) is 0 Å². The van der Waals surface area contributed by atoms with Gasteiger partial charge in [-0.3, -0.25) is 4.79 Å². The van der Waals surface area contributed by atoms with Crippen LogP contribution in [-0.4, -0.2) is 24.7 Å². The van der Waals surface area contributed by atoms with Crippen LogP contribution in [0.2, 0.25) is 0 Å². The summed E-state index contributed by atoms with van der Waals surface area (Å²) in [5, 5.41) is 3.06. The van der Waals surface area contributed by atoms with Crippen LogP contribution >= 0.6 is 0 Å². The molecule has 5 heteroatoms. The maximum atomic E-state index is 14.2. The molecule has 1 unspecified atom stereocenters. The van der Waals surface area contributed by atoms with Crippen LogP contribution in [0.15, 0.2) is 24.3 Å². The number of carbonyl (C=O) groups is 1. The Hall–Kier alpha value is -1.46. The second-order valence-electron chi connectivity index (χ2n) is 6.61. The van der Waals surface area contributed by atoms with Crippen LogP contribution in [0.3, 0.4) is 0 Å². The van der Waals surface area contributed by atoms with Gasteiger partial charge in [0.1, 0.15) is 11.9 Å². The van der Waals surface area contributed by atoms with Gasteiger partial charge in [0.15, 0.2) is 0 Å². The number of carbonyl (C=O) groups excluding carboxylic acids is 1. The van der Waals surface area contributed by atoms with E-state index in [2.05, 4.69) is 5.32 Å². The molecule has 1 aromatic carbocycles. The minimum atomic E-state index is -0.459. The predicted molar refractivity (Wildman–Crippen MR) is 86.2 cm³/mol. The van der Waals surface area contributed by atoms with E-state index < -0.39 is 6.10 Å². The monoisotopic (exact) mass is 320 g/mol. The van der Waals surface area contributed by atoms with Crippen molar-refractivity contribution in [1.82, 2.24) is 5.32 Å². The van der Waals surface area contributed by atoms with Crippen molar-refractivity contribution in [3.63, 3.8) is 0 Å². The zero-order valence-corrected chi connectivity index (χ0v) is 13.3. The summed E-state index contributed by atoms with van der Waals surface area (Å²) in [5.74, 6) is -0.0967. The molecule has 3 N–H and O–H groups in total. The summed E-state index contributed by atoms with van der Waals surface area (Å²) in [6.45, 7) is 0.434. The van der Waals surface area contributed by atoms with Crippen molar-refractivity contribution < 1.29 is 13.9 Å². The average Bonchev–Trinajstić information content (AvgIpc) is 3.24. The second kappa shape index (κ2) is 7.41. The Balaban J connectivity index is 1.74. The summed E-state index contributed by atoms with van der Waals surface area (Å²) in [7, 11) is 0. The van der Waals surface area contributed by atoms with Crippen molar-refractivity contribution in [3.8, 4) is 0 Å². The molecule has 3 rings (SSSR count). The molecular formula is C18H25FN2O2. The highest BCUT2D eigenvalue weighted by molar-refractivity contribution is 5.81. The first-order valence-electron chi connectivity index (χ1n) is 8.59. The lowest BCUT2D eigenvalue weighted by Gasteiger charge is -2.27. The van der Waals surface area contributed by atoms with Crippen molar-refractivity contribution in [2.24, 2.45) is 11.7 Å². The van der Waals surface area contributed by atoms with Crippen molar-refractivity contribution in [3.05, 3.63) is 35.6 Å². The second-order valence-corrected chi connectivity index (χ2v) is 6.61. The average molecular weight is 320 g/mol. The number of benzene rings is 1. The van der Waals surface area contributed by atoms with E-state index in [1.165, 1.54) is 6.07 Å². The summed E-state index contributed by atoms with van der Waals surface area (Å²) in [6.07, 6.45) is 5.32. The van der Waals surface area contributed by atoms with Crippen molar-refractivity contribution in [2.75, 3.05) is 6.54 Å². The molecule has 126 valence electrons. The van der Waals surface area contributed by atoms with Crippen LogP contribution in [0.5, 0.6) is 0 Å². The minimum Gasteiger partial charge on any atom is -0.364 e. The summed E-state index contributed by atoms with van der Waals surface area (Å²) in [6, 6.07) is 6.46. The number of amides is 1. The zero-order chi connectivity index (χ0) is 16.2. The predicted octanol–water partition coefficient (Wildman–Crippen LogP) is 2.68. The van der Waals surface area contributed by atoms with Gasteiger partial charge in [-0.25, -0.2) is 4.39 Å². The van der Waals surface area contributed by atoms with E-state index in [-0.39, 0.29) is 23.9 Å². The van der Waals surface area contributed by atoms with Crippen LogP contribution in [0, 0.1) is 11.7 Å². The minimum absolute atomic E-state index is 0.0378. The van der Waals surface area contributed by atoms with E-state index in [0.717, 1.165) is 32.1 Å². The highest BCUT2D eigenvalue weighted by atomic mass is 19.1. The van der Waals surface area contributed by atoms with E-state index in [4.69, 9.17) is 10.5 Å². The molecule has 0 radical (unpaired) electrons. The number of halogens is 1. The molecule has 1 saturated carbocycles. The molecule has 1 aliphatic heterocycles. The van der Waals surface area contributed by atoms with Gasteiger partial charge in [-0.05, 0) is 37.7 Å². The largest absolute Gasteiger partial charge is 0.364 e. The molecule has 2 fully saturated rings. The first-order chi connectivity index (χ1) is 11.2. The van der Waals surface area contributed by atoms with Crippen molar-refractivity contribution in [2.45, 2.75) is 56.8 Å². The van der Waals surface area contributed by atoms with Crippen LogP contribution in [-0.2, 0) is 9.53 Å². The van der Waals surface area contributed by atoms with E-state index in [1.54, 1.807) is 12.1 Å². The quantitative estimate of drug-likeness (QED) is 0.877. The number of nitrogens with two attached hydrogens (primary N) is 1. The SMILES string of the molecule is NC[C@H]1CC[C@@H](C(=O)NC(c2ccccc2F)C2CCCC2)O1. The lowest BCUT2D eigenvalue weighted by Crippen LogP contribution is -2.40. The molecule has 0 aromatic heterocycles. The molecule has 1 aromatic rings. The van der Waals surface area contributed by atoms with E-state index in [1.807, 2.05) is 6.07 Å². The van der Waals surface area contributed by atoms with Gasteiger partial charge < -0.3 is 15.8 Å². The Morgan fingerprint density at radius 1 is 1.26 bits per heavy atom. The fraction of sp³-hybridized carbons (Fsp3) is 0.611. The van der Waals surface area contributed by atoms with Gasteiger partial charge in [0.2, 0.25) is 5.91 Å². The van der Waals surface area contributed by atoms with Crippen LogP contribution < -0.4 is 11.1 Å². The van der Waals surface area contributed by atoms with E-state index in [9.17, 15) is 9.18 Å². The highest BCUT2D eigenvalue weighted by Gasteiger charge is 2.34. The van der Waals surface area contributed by atoms with Gasteiger partial charge in [0.05, 0.1) is 12.1 Å². The molecule has 1 heterocycles. The summed E-state index contributed by atoms with van der Waals surface area (Å²) in [4.78, 5) is 12.6. The van der Waals surface area contributed by atoms with Gasteiger partial charge in [-0.2, -0.15) is 0 Å². The topological polar surface area (TPSA) is 64.4 Å². The zero-order valence-electron chi connectivity index (χ0n) is 13.3. The van der Waals surface area contributed by atoms with E-state index in [0.29, 0.717) is 24.4 Å². The maximum Gasteiger partial charge on any atom is 0.249 e. The molecule has 3 atom stereocenters. The summed E-state index contributed by atoms with van der Waals surface area (Å²) >= 11 is 0. The van der Waals surface area contributed by atoms with Gasteiger partial charge in [-0.1, -0.05) is 31.0 Å². The molecule has 2 aliphatic rings. The Labute approximate surface area is 136 Å². The molecule has 0 bridgehead atoms. The first kappa shape index (κ1) is 16.4. The lowest BCUT2D eigenvalue weighted by atomic mass is 9.91. The Morgan fingerprint density at radius 3 is 2.65 bits per heavy atom. The van der Waals surface area contributed by atoms with E-state index >= 15 is 0 Å². The van der Waals surface area contributed by atoms with Crippen LogP contribution in [0.1, 0.15) is 50.1 Å². The summed E-state index contributed by atoms with van der Waals surface area (Å²) in [5.41, 5.74) is 6.19. The van der Waals surface area contributed by atoms with Crippen LogP contribution in [0.4, 0.5) is 4.39 Å². The standard InChI is InChI=1S/C18H25FN2O2/c19-15-8-4-3-7-14(15)17(12-5-1-2-6-12)21-18(22)16-10-9-13(11-20)23-16/h3-4,7-8,12-13,16-17H,1-2,5-6,9-11,20H2,(H,21,22)/t13-,16+,17?/m1/s1. The van der Waals surface area contributed by atoms with Gasteiger partial charge in [0.25, 0.3) is 0 Å². The van der Waals surface area contributed by atoms with Crippen LogP contribution in [0.25, 0.3) is 0 Å². The van der Waals surface area contributed by atoms with Gasteiger partial charge in [0, 0.05) is 12.1 Å². The Morgan fingerprint density at radius 2 is 2.00 bits per heavy atom. The molecule has 4 nitrogen and oxygen atoms in total. The smallest absolute Gasteiger partial charge is 0.249 e. The molecule has 0 spiro atoms. The molecule has 1 amide bonds. The summed E-state index contributed by atoms with van der Waals surface area (Å²) < 4.78 is 19.9. The third-order valence-electron chi connectivity index (χ3n) is 5.07. The Bertz CT molecular complexity index is 546. The normalized spacial score (nSPS) is 26.3. The highest BCUT2D eigenvalue weighted by Crippen LogP contribution is 2.37. The third-order valence-corrected chi connectivity index (χ3v) is 5.07. The number of hydrogen-bond donors (Lipinski definition) is 2. The maximum absolute atomic E-state index is 14.2. The fourth-order valence-corrected chi connectivity index (χ4v) is 3.79. The third kappa shape index (κ3) is 3.72. The van der Waals surface area contributed by atoms with Crippen molar-refractivity contribution in [1.29, 1.82) is 0 Å².